The highest BCUT2D eigenvalue weighted by Crippen LogP contribution is 2.26. The maximum atomic E-state index is 10.3. The molecule has 1 aromatic rings. The van der Waals surface area contributed by atoms with Crippen molar-refractivity contribution < 1.29 is 14.4 Å². The first kappa shape index (κ1) is 13.0. The van der Waals surface area contributed by atoms with Gasteiger partial charge in [0.1, 0.15) is 0 Å². The maximum Gasteiger partial charge on any atom is 0.303 e. The van der Waals surface area contributed by atoms with Crippen LogP contribution in [0.15, 0.2) is 4.52 Å². The molecule has 0 unspecified atom stereocenters. The van der Waals surface area contributed by atoms with Crippen LogP contribution in [0.1, 0.15) is 38.9 Å². The second-order valence-corrected chi connectivity index (χ2v) is 6.20. The molecule has 0 aliphatic rings. The smallest absolute Gasteiger partial charge is 0.303 e. The highest BCUT2D eigenvalue weighted by atomic mass is 32.2. The van der Waals surface area contributed by atoms with E-state index in [9.17, 15) is 4.79 Å². The minimum Gasteiger partial charge on any atom is -0.481 e. The fourth-order valence-corrected chi connectivity index (χ4v) is 1.62. The van der Waals surface area contributed by atoms with Crippen LogP contribution in [0.25, 0.3) is 0 Å². The summed E-state index contributed by atoms with van der Waals surface area (Å²) in [5, 5.41) is 12.3. The number of rotatable bonds is 5. The average molecular weight is 244 g/mol. The molecular formula is C10H16N2O3S. The van der Waals surface area contributed by atoms with Crippen molar-refractivity contribution in [2.24, 2.45) is 0 Å². The number of aliphatic carboxylic acids is 1. The number of carbonyl (C=O) groups is 1. The highest BCUT2D eigenvalue weighted by Gasteiger charge is 2.14. The molecule has 16 heavy (non-hydrogen) atoms. The first-order valence-electron chi connectivity index (χ1n) is 5.04. The van der Waals surface area contributed by atoms with E-state index in [1.54, 1.807) is 11.8 Å². The Hall–Kier alpha value is -1.04. The van der Waals surface area contributed by atoms with Crippen molar-refractivity contribution in [2.75, 3.05) is 0 Å². The number of hydrogen-bond donors (Lipinski definition) is 1. The van der Waals surface area contributed by atoms with E-state index in [0.717, 1.165) is 0 Å². The largest absolute Gasteiger partial charge is 0.481 e. The van der Waals surface area contributed by atoms with E-state index < -0.39 is 5.97 Å². The molecule has 0 spiro atoms. The Morgan fingerprint density at radius 1 is 1.50 bits per heavy atom. The van der Waals surface area contributed by atoms with Gasteiger partial charge in [0, 0.05) is 11.2 Å². The Balaban J connectivity index is 2.42. The van der Waals surface area contributed by atoms with Crippen molar-refractivity contribution in [1.82, 2.24) is 10.1 Å². The van der Waals surface area contributed by atoms with Crippen LogP contribution in [0.4, 0.5) is 0 Å². The molecule has 6 heteroatoms. The van der Waals surface area contributed by atoms with E-state index in [-0.39, 0.29) is 11.2 Å². The number of nitrogens with zero attached hydrogens (tertiary/aromatic N) is 2. The third-order valence-electron chi connectivity index (χ3n) is 1.70. The quantitative estimate of drug-likeness (QED) is 0.855. The summed E-state index contributed by atoms with van der Waals surface area (Å²) in [6, 6.07) is 0. The molecule has 1 N–H and O–H groups in total. The first-order chi connectivity index (χ1) is 7.37. The summed E-state index contributed by atoms with van der Waals surface area (Å²) in [5.41, 5.74) is 0. The molecule has 0 bridgehead atoms. The number of thioether (sulfide) groups is 1. The fraction of sp³-hybridized carbons (Fsp3) is 0.700. The van der Waals surface area contributed by atoms with Crippen LogP contribution >= 0.6 is 11.8 Å². The monoisotopic (exact) mass is 244 g/mol. The van der Waals surface area contributed by atoms with Crippen LogP contribution in [0, 0.1) is 0 Å². The Morgan fingerprint density at radius 2 is 2.19 bits per heavy atom. The molecule has 0 radical (unpaired) electrons. The second kappa shape index (κ2) is 5.34. The lowest BCUT2D eigenvalue weighted by atomic mass is 10.3. The highest BCUT2D eigenvalue weighted by molar-refractivity contribution is 7.99. The molecule has 0 saturated heterocycles. The van der Waals surface area contributed by atoms with Gasteiger partial charge in [-0.05, 0) is 0 Å². The normalized spacial score (nSPS) is 11.7. The van der Waals surface area contributed by atoms with Gasteiger partial charge in [0.25, 0.3) is 0 Å². The maximum absolute atomic E-state index is 10.3. The molecule has 0 aliphatic heterocycles. The molecule has 0 amide bonds. The van der Waals surface area contributed by atoms with Gasteiger partial charge in [0.05, 0.1) is 12.2 Å². The standard InChI is InChI=1S/C10H16N2O3S/c1-10(2,3)16-6-7-11-8(15-12-7)4-5-9(13)14/h4-6H2,1-3H3,(H,13,14). The lowest BCUT2D eigenvalue weighted by Gasteiger charge is -2.15. The van der Waals surface area contributed by atoms with Crippen LogP contribution in [0.2, 0.25) is 0 Å². The summed E-state index contributed by atoms with van der Waals surface area (Å²) in [5.74, 6) is 0.844. The summed E-state index contributed by atoms with van der Waals surface area (Å²) in [6.45, 7) is 6.34. The summed E-state index contributed by atoms with van der Waals surface area (Å²) in [6.07, 6.45) is 0.316. The van der Waals surface area contributed by atoms with Crippen LogP contribution in [0.3, 0.4) is 0 Å². The van der Waals surface area contributed by atoms with Crippen LogP contribution in [-0.2, 0) is 17.0 Å². The number of carboxylic acid groups (broad SMARTS) is 1. The van der Waals surface area contributed by atoms with Gasteiger partial charge in [-0.1, -0.05) is 25.9 Å². The van der Waals surface area contributed by atoms with E-state index in [0.29, 0.717) is 23.9 Å². The van der Waals surface area contributed by atoms with Crippen molar-refractivity contribution >= 4 is 17.7 Å². The van der Waals surface area contributed by atoms with Crippen molar-refractivity contribution in [1.29, 1.82) is 0 Å². The Morgan fingerprint density at radius 3 is 2.75 bits per heavy atom. The van der Waals surface area contributed by atoms with E-state index in [1.807, 2.05) is 0 Å². The van der Waals surface area contributed by atoms with Crippen LogP contribution in [0.5, 0.6) is 0 Å². The van der Waals surface area contributed by atoms with Gasteiger partial charge in [-0.25, -0.2) is 0 Å². The average Bonchev–Trinajstić information content (AvgIpc) is 2.58. The molecule has 0 fully saturated rings. The summed E-state index contributed by atoms with van der Waals surface area (Å²) < 4.78 is 5.10. The molecule has 0 aliphatic carbocycles. The van der Waals surface area contributed by atoms with Crippen LogP contribution in [-0.4, -0.2) is 26.0 Å². The van der Waals surface area contributed by atoms with Crippen molar-refractivity contribution in [3.05, 3.63) is 11.7 Å². The summed E-state index contributed by atoms with van der Waals surface area (Å²) >= 11 is 1.72. The molecule has 90 valence electrons. The summed E-state index contributed by atoms with van der Waals surface area (Å²) in [7, 11) is 0. The molecule has 0 aromatic carbocycles. The molecule has 1 heterocycles. The lowest BCUT2D eigenvalue weighted by molar-refractivity contribution is -0.137. The van der Waals surface area contributed by atoms with Gasteiger partial charge < -0.3 is 9.63 Å². The Bertz CT molecular complexity index is 357. The van der Waals surface area contributed by atoms with Crippen molar-refractivity contribution in [2.45, 2.75) is 44.1 Å². The summed E-state index contributed by atoms with van der Waals surface area (Å²) in [4.78, 5) is 14.5. The first-order valence-corrected chi connectivity index (χ1v) is 6.02. The topological polar surface area (TPSA) is 76.2 Å². The van der Waals surface area contributed by atoms with Gasteiger partial charge in [0.15, 0.2) is 5.82 Å². The van der Waals surface area contributed by atoms with E-state index >= 15 is 0 Å². The molecule has 1 aromatic heterocycles. The number of aryl methyl sites for hydroxylation is 1. The Kier molecular flexibility index (Phi) is 4.35. The number of hydrogen-bond acceptors (Lipinski definition) is 5. The zero-order chi connectivity index (χ0) is 12.2. The molecular weight excluding hydrogens is 228 g/mol. The van der Waals surface area contributed by atoms with Gasteiger partial charge in [-0.15, -0.1) is 11.8 Å². The van der Waals surface area contributed by atoms with E-state index in [4.69, 9.17) is 9.63 Å². The fourth-order valence-electron chi connectivity index (χ4n) is 0.945. The number of carboxylic acids is 1. The van der Waals surface area contributed by atoms with Gasteiger partial charge in [-0.2, -0.15) is 4.98 Å². The van der Waals surface area contributed by atoms with Crippen molar-refractivity contribution in [3.8, 4) is 0 Å². The molecule has 5 nitrogen and oxygen atoms in total. The predicted molar refractivity (Wildman–Crippen MR) is 61.3 cm³/mol. The predicted octanol–water partition coefficient (Wildman–Crippen LogP) is 2.12. The van der Waals surface area contributed by atoms with E-state index in [1.165, 1.54) is 0 Å². The third kappa shape index (κ3) is 5.16. The Labute approximate surface area is 98.6 Å². The molecule has 0 saturated carbocycles. The minimum absolute atomic E-state index is 0.0219. The lowest BCUT2D eigenvalue weighted by Crippen LogP contribution is -2.07. The van der Waals surface area contributed by atoms with E-state index in [2.05, 4.69) is 30.9 Å². The SMILES string of the molecule is CC(C)(C)SCc1noc(CCC(=O)O)n1. The van der Waals surface area contributed by atoms with Gasteiger partial charge in [-0.3, -0.25) is 4.79 Å². The third-order valence-corrected chi connectivity index (χ3v) is 2.97. The zero-order valence-electron chi connectivity index (χ0n) is 9.69. The second-order valence-electron chi connectivity index (χ2n) is 4.40. The number of aromatic nitrogens is 2. The molecule has 0 atom stereocenters. The van der Waals surface area contributed by atoms with Gasteiger partial charge >= 0.3 is 5.97 Å². The minimum atomic E-state index is -0.858. The van der Waals surface area contributed by atoms with Crippen LogP contribution < -0.4 is 0 Å². The van der Waals surface area contributed by atoms with Gasteiger partial charge in [0.2, 0.25) is 5.89 Å². The molecule has 1 rings (SSSR count). The van der Waals surface area contributed by atoms with Crippen molar-refractivity contribution in [3.63, 3.8) is 0 Å². The zero-order valence-corrected chi connectivity index (χ0v) is 10.5.